The summed E-state index contributed by atoms with van der Waals surface area (Å²) >= 11 is 5.94. The summed E-state index contributed by atoms with van der Waals surface area (Å²) in [6, 6.07) is 11.1. The first-order valence-corrected chi connectivity index (χ1v) is 11.1. The second kappa shape index (κ2) is 11.5. The maximum Gasteiger partial charge on any atom is 0.338 e. The van der Waals surface area contributed by atoms with Gasteiger partial charge in [-0.25, -0.2) is 4.79 Å². The van der Waals surface area contributed by atoms with E-state index in [9.17, 15) is 19.2 Å². The van der Waals surface area contributed by atoms with Gasteiger partial charge in [-0.2, -0.15) is 0 Å². The zero-order valence-electron chi connectivity index (χ0n) is 18.8. The van der Waals surface area contributed by atoms with Crippen LogP contribution in [0.2, 0.25) is 5.02 Å². The van der Waals surface area contributed by atoms with E-state index in [2.05, 4.69) is 5.32 Å². The minimum Gasteiger partial charge on any atom is -0.495 e. The van der Waals surface area contributed by atoms with Crippen LogP contribution in [0.5, 0.6) is 5.75 Å². The van der Waals surface area contributed by atoms with Crippen molar-refractivity contribution >= 4 is 46.7 Å². The number of hydrogen-bond acceptors (Lipinski definition) is 7. The second-order valence-electron chi connectivity index (χ2n) is 7.59. The molecule has 0 spiro atoms. The van der Waals surface area contributed by atoms with E-state index in [1.807, 2.05) is 6.92 Å². The van der Waals surface area contributed by atoms with Crippen LogP contribution in [-0.2, 0) is 23.9 Å². The molecule has 3 rings (SSSR count). The average molecular weight is 489 g/mol. The Morgan fingerprint density at radius 1 is 1.12 bits per heavy atom. The molecule has 34 heavy (non-hydrogen) atoms. The number of methoxy groups -OCH3 is 1. The molecule has 0 saturated carbocycles. The fourth-order valence-corrected chi connectivity index (χ4v) is 3.56. The summed E-state index contributed by atoms with van der Waals surface area (Å²) < 4.78 is 15.4. The quantitative estimate of drug-likeness (QED) is 0.538. The first kappa shape index (κ1) is 25.0. The molecule has 1 N–H and O–H groups in total. The minimum atomic E-state index is -0.713. The normalized spacial score (nSPS) is 15.1. The Kier molecular flexibility index (Phi) is 8.48. The fourth-order valence-electron chi connectivity index (χ4n) is 3.39. The molecule has 2 amide bonds. The molecule has 1 aliphatic rings. The molecule has 9 nitrogen and oxygen atoms in total. The number of carbonyl (C=O) groups excluding carboxylic acids is 4. The molecular weight excluding hydrogens is 464 g/mol. The van der Waals surface area contributed by atoms with Gasteiger partial charge in [-0.15, -0.1) is 0 Å². The molecule has 1 atom stereocenters. The molecule has 0 bridgehead atoms. The molecule has 1 aliphatic heterocycles. The molecule has 1 fully saturated rings. The number of nitrogens with one attached hydrogen (secondary N) is 1. The molecule has 180 valence electrons. The van der Waals surface area contributed by atoms with E-state index in [1.165, 1.54) is 18.1 Å². The zero-order valence-corrected chi connectivity index (χ0v) is 19.6. The maximum atomic E-state index is 12.5. The van der Waals surface area contributed by atoms with Crippen molar-refractivity contribution in [2.24, 2.45) is 5.92 Å². The average Bonchev–Trinajstić information content (AvgIpc) is 3.23. The van der Waals surface area contributed by atoms with Crippen molar-refractivity contribution in [3.8, 4) is 5.75 Å². The van der Waals surface area contributed by atoms with Gasteiger partial charge in [0.1, 0.15) is 5.75 Å². The first-order valence-electron chi connectivity index (χ1n) is 10.7. The third-order valence-electron chi connectivity index (χ3n) is 5.09. The number of carbonyl (C=O) groups is 4. The Bertz CT molecular complexity index is 1070. The molecule has 0 radical (unpaired) electrons. The molecule has 10 heteroatoms. The smallest absolute Gasteiger partial charge is 0.338 e. The second-order valence-corrected chi connectivity index (χ2v) is 8.03. The summed E-state index contributed by atoms with van der Waals surface area (Å²) in [4.78, 5) is 50.5. The number of benzene rings is 2. The van der Waals surface area contributed by atoms with Gasteiger partial charge in [0.2, 0.25) is 5.91 Å². The number of nitrogens with zero attached hydrogens (tertiary/aromatic N) is 1. The summed E-state index contributed by atoms with van der Waals surface area (Å²) in [5, 5.41) is 2.98. The van der Waals surface area contributed by atoms with Crippen molar-refractivity contribution in [1.29, 1.82) is 0 Å². The number of ether oxygens (including phenoxy) is 3. The van der Waals surface area contributed by atoms with Crippen LogP contribution in [0.1, 0.15) is 30.1 Å². The number of halogens is 1. The number of anilines is 2. The lowest BCUT2D eigenvalue weighted by Crippen LogP contribution is -2.28. The minimum absolute atomic E-state index is 0.0388. The topological polar surface area (TPSA) is 111 Å². The molecule has 1 saturated heterocycles. The van der Waals surface area contributed by atoms with Gasteiger partial charge >= 0.3 is 11.9 Å². The van der Waals surface area contributed by atoms with E-state index < -0.39 is 30.4 Å². The molecule has 0 aromatic heterocycles. The lowest BCUT2D eigenvalue weighted by Gasteiger charge is -2.17. The summed E-state index contributed by atoms with van der Waals surface area (Å²) in [5.74, 6) is -2.21. The molecule has 2 aromatic rings. The van der Waals surface area contributed by atoms with Crippen LogP contribution in [0.3, 0.4) is 0 Å². The highest BCUT2D eigenvalue weighted by Gasteiger charge is 2.36. The van der Waals surface area contributed by atoms with Gasteiger partial charge in [-0.05, 0) is 48.9 Å². The van der Waals surface area contributed by atoms with Gasteiger partial charge < -0.3 is 24.4 Å². The van der Waals surface area contributed by atoms with Gasteiger partial charge in [0, 0.05) is 23.7 Å². The Hall–Kier alpha value is -3.59. The predicted molar refractivity (Wildman–Crippen MR) is 125 cm³/mol. The van der Waals surface area contributed by atoms with Crippen molar-refractivity contribution in [2.75, 3.05) is 37.1 Å². The lowest BCUT2D eigenvalue weighted by molar-refractivity contribution is -0.151. The van der Waals surface area contributed by atoms with Gasteiger partial charge in [0.05, 0.1) is 30.9 Å². The van der Waals surface area contributed by atoms with Gasteiger partial charge in [-0.3, -0.25) is 14.4 Å². The van der Waals surface area contributed by atoms with Crippen molar-refractivity contribution in [3.05, 3.63) is 53.1 Å². The standard InChI is InChI=1S/C24H25ClN2O7/c1-3-10-33-23(30)15-4-7-18(8-5-15)27-13-16(11-22(27)29)24(31)34-14-21(28)26-19-12-17(25)6-9-20(19)32-2/h4-9,12,16H,3,10-11,13-14H2,1-2H3,(H,26,28)/t16-/m1/s1. The molecule has 1 heterocycles. The highest BCUT2D eigenvalue weighted by atomic mass is 35.5. The highest BCUT2D eigenvalue weighted by molar-refractivity contribution is 6.31. The van der Waals surface area contributed by atoms with Gasteiger partial charge in [0.25, 0.3) is 5.91 Å². The number of rotatable bonds is 9. The van der Waals surface area contributed by atoms with Crippen molar-refractivity contribution in [2.45, 2.75) is 19.8 Å². The third-order valence-corrected chi connectivity index (χ3v) is 5.33. The molecule has 2 aromatic carbocycles. The van der Waals surface area contributed by atoms with E-state index in [1.54, 1.807) is 36.4 Å². The Labute approximate surface area is 201 Å². The van der Waals surface area contributed by atoms with Crippen LogP contribution in [0, 0.1) is 5.92 Å². The highest BCUT2D eigenvalue weighted by Crippen LogP contribution is 2.28. The van der Waals surface area contributed by atoms with Crippen LogP contribution in [0.4, 0.5) is 11.4 Å². The summed E-state index contributed by atoms with van der Waals surface area (Å²) in [7, 11) is 1.45. The third kappa shape index (κ3) is 6.26. The maximum absolute atomic E-state index is 12.5. The van der Waals surface area contributed by atoms with E-state index in [-0.39, 0.29) is 18.9 Å². The largest absolute Gasteiger partial charge is 0.495 e. The lowest BCUT2D eigenvalue weighted by atomic mass is 10.1. The first-order chi connectivity index (χ1) is 16.3. The van der Waals surface area contributed by atoms with Gasteiger partial charge in [-0.1, -0.05) is 18.5 Å². The van der Waals surface area contributed by atoms with E-state index in [0.717, 1.165) is 6.42 Å². The van der Waals surface area contributed by atoms with Crippen molar-refractivity contribution in [3.63, 3.8) is 0 Å². The fraction of sp³-hybridized carbons (Fsp3) is 0.333. The van der Waals surface area contributed by atoms with E-state index in [0.29, 0.717) is 34.3 Å². The molecular formula is C24H25ClN2O7. The molecule has 0 unspecified atom stereocenters. The van der Waals surface area contributed by atoms with Gasteiger partial charge in [0.15, 0.2) is 6.61 Å². The van der Waals surface area contributed by atoms with Crippen LogP contribution in [-0.4, -0.2) is 50.6 Å². The van der Waals surface area contributed by atoms with E-state index >= 15 is 0 Å². The SMILES string of the molecule is CCCOC(=O)c1ccc(N2C[C@H](C(=O)OCC(=O)Nc3cc(Cl)ccc3OC)CC2=O)cc1. The Balaban J connectivity index is 1.53. The monoisotopic (exact) mass is 488 g/mol. The number of hydrogen-bond donors (Lipinski definition) is 1. The van der Waals surface area contributed by atoms with Crippen LogP contribution in [0.15, 0.2) is 42.5 Å². The summed E-state index contributed by atoms with van der Waals surface area (Å²) in [6.45, 7) is 1.83. The van der Waals surface area contributed by atoms with Crippen molar-refractivity contribution < 1.29 is 33.4 Å². The predicted octanol–water partition coefficient (Wildman–Crippen LogP) is 3.45. The zero-order chi connectivity index (χ0) is 24.7. The molecule has 0 aliphatic carbocycles. The van der Waals surface area contributed by atoms with Crippen LogP contribution in [0.25, 0.3) is 0 Å². The summed E-state index contributed by atoms with van der Waals surface area (Å²) in [5.41, 5.74) is 1.28. The Morgan fingerprint density at radius 2 is 1.85 bits per heavy atom. The van der Waals surface area contributed by atoms with Crippen molar-refractivity contribution in [1.82, 2.24) is 0 Å². The van der Waals surface area contributed by atoms with Crippen LogP contribution >= 0.6 is 11.6 Å². The number of amides is 2. The Morgan fingerprint density at radius 3 is 2.53 bits per heavy atom. The number of esters is 2. The van der Waals surface area contributed by atoms with Crippen LogP contribution < -0.4 is 15.0 Å². The summed E-state index contributed by atoms with van der Waals surface area (Å²) in [6.07, 6.45) is 0.683. The van der Waals surface area contributed by atoms with E-state index in [4.69, 9.17) is 25.8 Å².